The minimum Gasteiger partial charge on any atom is -0.399 e. The van der Waals surface area contributed by atoms with Gasteiger partial charge >= 0.3 is 0 Å². The first-order chi connectivity index (χ1) is 8.86. The zero-order valence-electron chi connectivity index (χ0n) is 11.4. The monoisotopic (exact) mass is 283 g/mol. The van der Waals surface area contributed by atoms with Crippen molar-refractivity contribution in [3.63, 3.8) is 0 Å². The fraction of sp³-hybridized carbons (Fsp3) is 0.538. The molecule has 0 saturated heterocycles. The van der Waals surface area contributed by atoms with Crippen LogP contribution in [0.15, 0.2) is 23.1 Å². The molecule has 1 aliphatic carbocycles. The highest BCUT2D eigenvalue weighted by molar-refractivity contribution is 7.89. The quantitative estimate of drug-likeness (QED) is 0.719. The Morgan fingerprint density at radius 3 is 2.58 bits per heavy atom. The zero-order chi connectivity index (χ0) is 14.1. The average Bonchev–Trinajstić information content (AvgIpc) is 2.35. The van der Waals surface area contributed by atoms with E-state index in [2.05, 4.69) is 17.0 Å². The Hall–Kier alpha value is -1.27. The molecule has 1 aromatic carbocycles. The number of nitrogen functional groups attached to an aromatic ring is 1. The minimum atomic E-state index is -3.50. The highest BCUT2D eigenvalue weighted by Crippen LogP contribution is 2.40. The van der Waals surface area contributed by atoms with Crippen molar-refractivity contribution in [2.75, 3.05) is 24.6 Å². The number of rotatable bonds is 5. The Kier molecular flexibility index (Phi) is 3.73. The van der Waals surface area contributed by atoms with Crippen LogP contribution in [0.25, 0.3) is 0 Å². The van der Waals surface area contributed by atoms with Crippen LogP contribution in [-0.2, 0) is 10.0 Å². The van der Waals surface area contributed by atoms with Crippen molar-refractivity contribution in [1.82, 2.24) is 4.72 Å². The predicted octanol–water partition coefficient (Wildman–Crippen LogP) is 1.78. The second kappa shape index (κ2) is 5.02. The Morgan fingerprint density at radius 1 is 1.37 bits per heavy atom. The van der Waals surface area contributed by atoms with Crippen LogP contribution in [0.2, 0.25) is 0 Å². The lowest BCUT2D eigenvalue weighted by Gasteiger charge is -2.38. The first-order valence-electron chi connectivity index (χ1n) is 6.43. The lowest BCUT2D eigenvalue weighted by atomic mass is 9.70. The summed E-state index contributed by atoms with van der Waals surface area (Å²) in [5.41, 5.74) is 7.01. The molecule has 0 unspecified atom stereocenters. The van der Waals surface area contributed by atoms with E-state index in [9.17, 15) is 8.42 Å². The van der Waals surface area contributed by atoms with E-state index in [4.69, 9.17) is 5.73 Å². The number of sulfonamides is 1. The molecule has 1 saturated carbocycles. The molecule has 0 atom stereocenters. The number of nitrogens with two attached hydrogens (primary N) is 1. The number of hydrogen-bond donors (Lipinski definition) is 3. The summed E-state index contributed by atoms with van der Waals surface area (Å²) in [4.78, 5) is 0.206. The predicted molar refractivity (Wildman–Crippen MR) is 77.5 cm³/mol. The maximum atomic E-state index is 12.0. The highest BCUT2D eigenvalue weighted by atomic mass is 32.2. The lowest BCUT2D eigenvalue weighted by molar-refractivity contribution is 0.180. The molecule has 0 amide bonds. The highest BCUT2D eigenvalue weighted by Gasteiger charge is 2.31. The molecule has 1 aromatic rings. The van der Waals surface area contributed by atoms with Gasteiger partial charge < -0.3 is 11.1 Å². The molecule has 0 aromatic heterocycles. The smallest absolute Gasteiger partial charge is 0.242 e. The van der Waals surface area contributed by atoms with Gasteiger partial charge in [-0.25, -0.2) is 13.1 Å². The van der Waals surface area contributed by atoms with Crippen molar-refractivity contribution < 1.29 is 8.42 Å². The molecule has 0 bridgehead atoms. The van der Waals surface area contributed by atoms with Crippen molar-refractivity contribution in [3.05, 3.63) is 18.2 Å². The molecule has 6 heteroatoms. The van der Waals surface area contributed by atoms with Gasteiger partial charge in [0, 0.05) is 12.2 Å². The fourth-order valence-electron chi connectivity index (χ4n) is 2.28. The number of nitrogens with one attached hydrogen (secondary N) is 2. The van der Waals surface area contributed by atoms with Crippen molar-refractivity contribution in [2.45, 2.75) is 31.1 Å². The molecule has 0 aliphatic heterocycles. The average molecular weight is 283 g/mol. The molecule has 0 spiro atoms. The summed E-state index contributed by atoms with van der Waals surface area (Å²) < 4.78 is 26.3. The minimum absolute atomic E-state index is 0.206. The SMILES string of the molecule is CNS(=O)(=O)c1cc(N)ccc1NCC1(C)CCC1. The van der Waals surface area contributed by atoms with E-state index in [0.717, 1.165) is 6.54 Å². The van der Waals surface area contributed by atoms with Gasteiger partial charge in [0.15, 0.2) is 0 Å². The summed E-state index contributed by atoms with van der Waals surface area (Å²) in [5.74, 6) is 0. The molecule has 106 valence electrons. The molecule has 0 radical (unpaired) electrons. The van der Waals surface area contributed by atoms with E-state index in [1.807, 2.05) is 0 Å². The van der Waals surface area contributed by atoms with Gasteiger partial charge in [0.1, 0.15) is 4.90 Å². The van der Waals surface area contributed by atoms with Gasteiger partial charge in [-0.3, -0.25) is 0 Å². The topological polar surface area (TPSA) is 84.2 Å². The fourth-order valence-corrected chi connectivity index (χ4v) is 3.22. The molecule has 1 fully saturated rings. The number of hydrogen-bond acceptors (Lipinski definition) is 4. The zero-order valence-corrected chi connectivity index (χ0v) is 12.2. The lowest BCUT2D eigenvalue weighted by Crippen LogP contribution is -2.33. The summed E-state index contributed by atoms with van der Waals surface area (Å²) in [6.07, 6.45) is 3.62. The molecule has 4 N–H and O–H groups in total. The largest absolute Gasteiger partial charge is 0.399 e. The number of anilines is 2. The van der Waals surface area contributed by atoms with Crippen LogP contribution in [0.3, 0.4) is 0 Å². The van der Waals surface area contributed by atoms with Crippen LogP contribution in [0, 0.1) is 5.41 Å². The van der Waals surface area contributed by atoms with Crippen LogP contribution in [0.4, 0.5) is 11.4 Å². The van der Waals surface area contributed by atoms with E-state index in [-0.39, 0.29) is 10.3 Å². The molecule has 19 heavy (non-hydrogen) atoms. The van der Waals surface area contributed by atoms with Gasteiger partial charge in [0.2, 0.25) is 10.0 Å². The van der Waals surface area contributed by atoms with Gasteiger partial charge in [-0.1, -0.05) is 13.3 Å². The first kappa shape index (κ1) is 14.1. The third-order valence-corrected chi connectivity index (χ3v) is 5.28. The van der Waals surface area contributed by atoms with Gasteiger partial charge in [-0.2, -0.15) is 0 Å². The maximum absolute atomic E-state index is 12.0. The third kappa shape index (κ3) is 3.01. The first-order valence-corrected chi connectivity index (χ1v) is 7.92. The van der Waals surface area contributed by atoms with E-state index < -0.39 is 10.0 Å². The summed E-state index contributed by atoms with van der Waals surface area (Å²) in [6, 6.07) is 4.92. The molecule has 0 heterocycles. The van der Waals surface area contributed by atoms with E-state index >= 15 is 0 Å². The van der Waals surface area contributed by atoms with Gasteiger partial charge in [0.25, 0.3) is 0 Å². The van der Waals surface area contributed by atoms with E-state index in [1.165, 1.54) is 32.4 Å². The van der Waals surface area contributed by atoms with E-state index in [0.29, 0.717) is 11.4 Å². The summed E-state index contributed by atoms with van der Waals surface area (Å²) >= 11 is 0. The molecular weight excluding hydrogens is 262 g/mol. The summed E-state index contributed by atoms with van der Waals surface area (Å²) in [5, 5.41) is 3.25. The van der Waals surface area contributed by atoms with Crippen molar-refractivity contribution in [2.24, 2.45) is 5.41 Å². The molecule has 5 nitrogen and oxygen atoms in total. The standard InChI is InChI=1S/C13H21N3O2S/c1-13(6-3-7-13)9-16-11-5-4-10(14)8-12(11)19(17,18)15-2/h4-5,8,15-16H,3,6-7,9,14H2,1-2H3. The van der Waals surface area contributed by atoms with Gasteiger partial charge in [-0.15, -0.1) is 0 Å². The van der Waals surface area contributed by atoms with Crippen molar-refractivity contribution in [3.8, 4) is 0 Å². The maximum Gasteiger partial charge on any atom is 0.242 e. The Labute approximate surface area is 114 Å². The summed E-state index contributed by atoms with van der Waals surface area (Å²) in [6.45, 7) is 3.00. The third-order valence-electron chi connectivity index (χ3n) is 3.83. The van der Waals surface area contributed by atoms with Crippen molar-refractivity contribution >= 4 is 21.4 Å². The van der Waals surface area contributed by atoms with Crippen LogP contribution in [-0.4, -0.2) is 22.0 Å². The van der Waals surface area contributed by atoms with Crippen LogP contribution >= 0.6 is 0 Å². The molecule has 1 aliphatic rings. The van der Waals surface area contributed by atoms with Gasteiger partial charge in [-0.05, 0) is 43.5 Å². The normalized spacial score (nSPS) is 17.8. The Morgan fingerprint density at radius 2 is 2.05 bits per heavy atom. The van der Waals surface area contributed by atoms with Crippen LogP contribution in [0.5, 0.6) is 0 Å². The van der Waals surface area contributed by atoms with E-state index in [1.54, 1.807) is 12.1 Å². The number of benzene rings is 1. The second-order valence-electron chi connectivity index (χ2n) is 5.48. The molecule has 2 rings (SSSR count). The van der Waals surface area contributed by atoms with Crippen LogP contribution in [0.1, 0.15) is 26.2 Å². The summed E-state index contributed by atoms with van der Waals surface area (Å²) in [7, 11) is -2.10. The second-order valence-corrected chi connectivity index (χ2v) is 7.34. The van der Waals surface area contributed by atoms with Crippen molar-refractivity contribution in [1.29, 1.82) is 0 Å². The van der Waals surface area contributed by atoms with Gasteiger partial charge in [0.05, 0.1) is 5.69 Å². The van der Waals surface area contributed by atoms with Crippen LogP contribution < -0.4 is 15.8 Å². The molecular formula is C13H21N3O2S. The Balaban J connectivity index is 2.24. The Bertz CT molecular complexity index is 565.